The molecule has 0 aliphatic heterocycles. The minimum absolute atomic E-state index is 0.145. The molecule has 0 aliphatic carbocycles. The zero-order chi connectivity index (χ0) is 16.8. The molecule has 0 radical (unpaired) electrons. The van der Waals surface area contributed by atoms with Crippen molar-refractivity contribution in [1.82, 2.24) is 5.43 Å². The number of amides is 1. The van der Waals surface area contributed by atoms with Crippen LogP contribution in [-0.4, -0.2) is 23.7 Å². The SMILES string of the molecule is Cc1cc(Cl)ccc1OCC(=O)NN=Cc1ccc([N+](=O)[O-])o1. The minimum atomic E-state index is -0.668. The highest BCUT2D eigenvalue weighted by molar-refractivity contribution is 6.30. The van der Waals surface area contributed by atoms with E-state index in [1.807, 2.05) is 0 Å². The number of nitrogens with one attached hydrogen (secondary N) is 1. The molecule has 0 unspecified atom stereocenters. The average Bonchev–Trinajstić information content (AvgIpc) is 2.95. The number of rotatable bonds is 6. The maximum Gasteiger partial charge on any atom is 0.433 e. The molecule has 0 aliphatic rings. The van der Waals surface area contributed by atoms with E-state index in [0.29, 0.717) is 10.8 Å². The summed E-state index contributed by atoms with van der Waals surface area (Å²) in [4.78, 5) is 21.4. The molecule has 0 saturated carbocycles. The number of ether oxygens (including phenoxy) is 1. The fourth-order valence-electron chi connectivity index (χ4n) is 1.63. The van der Waals surface area contributed by atoms with Gasteiger partial charge in [0, 0.05) is 5.02 Å². The number of carbonyl (C=O) groups is 1. The molecule has 2 rings (SSSR count). The number of hydrogen-bond donors (Lipinski definition) is 1. The quantitative estimate of drug-likeness (QED) is 0.495. The van der Waals surface area contributed by atoms with Crippen LogP contribution in [0.3, 0.4) is 0 Å². The summed E-state index contributed by atoms with van der Waals surface area (Å²) in [6.45, 7) is 1.57. The second-order valence-electron chi connectivity index (χ2n) is 4.42. The van der Waals surface area contributed by atoms with Crippen LogP contribution < -0.4 is 10.2 Å². The lowest BCUT2D eigenvalue weighted by molar-refractivity contribution is -0.402. The summed E-state index contributed by atoms with van der Waals surface area (Å²) in [6.07, 6.45) is 1.15. The highest BCUT2D eigenvalue weighted by Crippen LogP contribution is 2.21. The van der Waals surface area contributed by atoms with Crippen LogP contribution in [0.2, 0.25) is 5.02 Å². The van der Waals surface area contributed by atoms with E-state index in [4.69, 9.17) is 20.8 Å². The molecule has 0 spiro atoms. The number of hydrogen-bond acceptors (Lipinski definition) is 6. The van der Waals surface area contributed by atoms with Gasteiger partial charge in [-0.25, -0.2) is 5.43 Å². The van der Waals surface area contributed by atoms with Crippen molar-refractivity contribution >= 4 is 29.6 Å². The van der Waals surface area contributed by atoms with Crippen molar-refractivity contribution in [2.24, 2.45) is 5.10 Å². The Labute approximate surface area is 135 Å². The standard InChI is InChI=1S/C14H12ClN3O5/c1-9-6-10(15)2-4-12(9)22-8-13(19)17-16-7-11-3-5-14(23-11)18(20)21/h2-7H,8H2,1H3,(H,17,19). The first-order chi connectivity index (χ1) is 11.0. The number of halogens is 1. The first-order valence-corrected chi connectivity index (χ1v) is 6.78. The lowest BCUT2D eigenvalue weighted by Crippen LogP contribution is -2.24. The van der Waals surface area contributed by atoms with Gasteiger partial charge < -0.3 is 9.15 Å². The van der Waals surface area contributed by atoms with Crippen LogP contribution in [0.4, 0.5) is 5.88 Å². The molecule has 8 nitrogen and oxygen atoms in total. The Morgan fingerprint density at radius 1 is 1.48 bits per heavy atom. The summed E-state index contributed by atoms with van der Waals surface area (Å²) in [5.74, 6) is -0.211. The van der Waals surface area contributed by atoms with E-state index in [9.17, 15) is 14.9 Å². The molecule has 0 atom stereocenters. The largest absolute Gasteiger partial charge is 0.483 e. The smallest absolute Gasteiger partial charge is 0.433 e. The first kappa shape index (κ1) is 16.5. The van der Waals surface area contributed by atoms with Crippen LogP contribution in [0.5, 0.6) is 5.75 Å². The molecule has 23 heavy (non-hydrogen) atoms. The van der Waals surface area contributed by atoms with Crippen molar-refractivity contribution in [2.45, 2.75) is 6.92 Å². The molecule has 120 valence electrons. The highest BCUT2D eigenvalue weighted by atomic mass is 35.5. The van der Waals surface area contributed by atoms with Gasteiger partial charge in [0.25, 0.3) is 5.91 Å². The van der Waals surface area contributed by atoms with E-state index in [1.54, 1.807) is 25.1 Å². The Bertz CT molecular complexity index is 757. The van der Waals surface area contributed by atoms with E-state index in [-0.39, 0.29) is 12.4 Å². The van der Waals surface area contributed by atoms with Crippen molar-refractivity contribution in [3.8, 4) is 5.75 Å². The Kier molecular flexibility index (Phi) is 5.32. The molecule has 1 aromatic carbocycles. The average molecular weight is 338 g/mol. The van der Waals surface area contributed by atoms with E-state index < -0.39 is 16.7 Å². The summed E-state index contributed by atoms with van der Waals surface area (Å²) < 4.78 is 10.2. The van der Waals surface area contributed by atoms with Gasteiger partial charge in [0.2, 0.25) is 0 Å². The molecule has 1 amide bonds. The van der Waals surface area contributed by atoms with Crippen molar-refractivity contribution < 1.29 is 18.9 Å². The van der Waals surface area contributed by atoms with Gasteiger partial charge in [-0.05, 0) is 36.8 Å². The van der Waals surface area contributed by atoms with Crippen LogP contribution in [-0.2, 0) is 4.79 Å². The van der Waals surface area contributed by atoms with Gasteiger partial charge in [-0.2, -0.15) is 5.10 Å². The number of hydrazone groups is 1. The monoisotopic (exact) mass is 337 g/mol. The summed E-state index contributed by atoms with van der Waals surface area (Å²) in [5.41, 5.74) is 3.02. The molecule has 1 N–H and O–H groups in total. The van der Waals surface area contributed by atoms with E-state index in [0.717, 1.165) is 11.8 Å². The molecule has 2 aromatic rings. The third kappa shape index (κ3) is 4.82. The second kappa shape index (κ2) is 7.41. The molecule has 1 aromatic heterocycles. The predicted octanol–water partition coefficient (Wildman–Crippen LogP) is 2.68. The fraction of sp³-hybridized carbons (Fsp3) is 0.143. The van der Waals surface area contributed by atoms with E-state index >= 15 is 0 Å². The van der Waals surface area contributed by atoms with Crippen molar-refractivity contribution in [2.75, 3.05) is 6.61 Å². The Morgan fingerprint density at radius 3 is 2.91 bits per heavy atom. The van der Waals surface area contributed by atoms with Crippen molar-refractivity contribution in [1.29, 1.82) is 0 Å². The zero-order valence-corrected chi connectivity index (χ0v) is 12.7. The minimum Gasteiger partial charge on any atom is -0.483 e. The molecule has 0 saturated heterocycles. The second-order valence-corrected chi connectivity index (χ2v) is 4.86. The van der Waals surface area contributed by atoms with Crippen LogP contribution in [0.1, 0.15) is 11.3 Å². The number of furan rings is 1. The number of nitro groups is 1. The van der Waals surface area contributed by atoms with Crippen LogP contribution in [0.25, 0.3) is 0 Å². The van der Waals surface area contributed by atoms with Crippen LogP contribution in [0, 0.1) is 17.0 Å². The van der Waals surface area contributed by atoms with Gasteiger partial charge >= 0.3 is 5.88 Å². The number of aryl methyl sites for hydroxylation is 1. The summed E-state index contributed by atoms with van der Waals surface area (Å²) >= 11 is 5.82. The Balaban J connectivity index is 1.82. The van der Waals surface area contributed by atoms with Gasteiger partial charge in [-0.15, -0.1) is 0 Å². The summed E-state index contributed by atoms with van der Waals surface area (Å²) in [5, 5.41) is 14.6. The zero-order valence-electron chi connectivity index (χ0n) is 12.0. The lowest BCUT2D eigenvalue weighted by Gasteiger charge is -2.08. The first-order valence-electron chi connectivity index (χ1n) is 6.41. The maximum absolute atomic E-state index is 11.6. The van der Waals surface area contributed by atoms with Gasteiger partial charge in [0.15, 0.2) is 12.4 Å². The van der Waals surface area contributed by atoms with Gasteiger partial charge in [0.1, 0.15) is 10.7 Å². The van der Waals surface area contributed by atoms with Crippen molar-refractivity contribution in [3.05, 3.63) is 56.8 Å². The molecule has 0 bridgehead atoms. The Morgan fingerprint density at radius 2 is 2.26 bits per heavy atom. The fourth-order valence-corrected chi connectivity index (χ4v) is 1.85. The van der Waals surface area contributed by atoms with Gasteiger partial charge in [-0.3, -0.25) is 14.9 Å². The third-order valence-electron chi connectivity index (χ3n) is 2.67. The summed E-state index contributed by atoms with van der Waals surface area (Å²) in [7, 11) is 0. The van der Waals surface area contributed by atoms with Crippen molar-refractivity contribution in [3.63, 3.8) is 0 Å². The molecule has 1 heterocycles. The highest BCUT2D eigenvalue weighted by Gasteiger charge is 2.10. The normalized spacial score (nSPS) is 10.7. The number of benzene rings is 1. The molecule has 9 heteroatoms. The van der Waals surface area contributed by atoms with E-state index in [2.05, 4.69) is 10.5 Å². The molecular formula is C14H12ClN3O5. The van der Waals surface area contributed by atoms with Crippen LogP contribution in [0.15, 0.2) is 39.9 Å². The molecular weight excluding hydrogens is 326 g/mol. The third-order valence-corrected chi connectivity index (χ3v) is 2.90. The number of nitrogens with zero attached hydrogens (tertiary/aromatic N) is 2. The topological polar surface area (TPSA) is 107 Å². The Hall–Kier alpha value is -2.87. The lowest BCUT2D eigenvalue weighted by atomic mass is 10.2. The van der Waals surface area contributed by atoms with Gasteiger partial charge in [0.05, 0.1) is 12.3 Å². The van der Waals surface area contributed by atoms with E-state index in [1.165, 1.54) is 12.1 Å². The number of carbonyl (C=O) groups excluding carboxylic acids is 1. The van der Waals surface area contributed by atoms with Gasteiger partial charge in [-0.1, -0.05) is 11.6 Å². The van der Waals surface area contributed by atoms with Crippen LogP contribution >= 0.6 is 11.6 Å². The maximum atomic E-state index is 11.6. The summed E-state index contributed by atoms with van der Waals surface area (Å²) in [6, 6.07) is 7.59. The predicted molar refractivity (Wildman–Crippen MR) is 82.8 cm³/mol. The molecule has 0 fully saturated rings.